The predicted molar refractivity (Wildman–Crippen MR) is 120 cm³/mol. The van der Waals surface area contributed by atoms with Gasteiger partial charge in [-0.3, -0.25) is 10.1 Å². The van der Waals surface area contributed by atoms with E-state index in [0.717, 1.165) is 0 Å². The number of halogens is 1. The molecule has 1 fully saturated rings. The highest BCUT2D eigenvalue weighted by Gasteiger charge is 2.32. The molecule has 0 bridgehead atoms. The van der Waals surface area contributed by atoms with Gasteiger partial charge in [0.1, 0.15) is 5.82 Å². The van der Waals surface area contributed by atoms with Crippen LogP contribution in [0.15, 0.2) is 41.9 Å². The molecule has 0 spiro atoms. The first-order valence-electron chi connectivity index (χ1n) is 9.88. The maximum Gasteiger partial charge on any atom is 0.258 e. The number of sulfone groups is 1. The number of nitrogens with zero attached hydrogens (tertiary/aromatic N) is 4. The van der Waals surface area contributed by atoms with Crippen molar-refractivity contribution in [3.05, 3.63) is 59.0 Å². The second-order valence-corrected chi connectivity index (χ2v) is 10.7. The molecule has 1 N–H and O–H groups in total. The molecule has 0 radical (unpaired) electrons. The van der Waals surface area contributed by atoms with E-state index in [9.17, 15) is 17.6 Å². The molecular formula is C21H18FN5O3S2. The van der Waals surface area contributed by atoms with Crippen LogP contribution in [0, 0.1) is 12.7 Å². The van der Waals surface area contributed by atoms with E-state index < -0.39 is 27.6 Å². The SMILES string of the molecule is Cc1nn(C2CCS(=O)(=O)C2)c2nc(-c3ccccc3F)cc(C(=O)Nc3nccs3)c12. The molecule has 0 aliphatic carbocycles. The number of anilines is 1. The largest absolute Gasteiger partial charge is 0.298 e. The van der Waals surface area contributed by atoms with Gasteiger partial charge in [-0.15, -0.1) is 11.3 Å². The van der Waals surface area contributed by atoms with E-state index in [1.807, 2.05) is 0 Å². The van der Waals surface area contributed by atoms with E-state index in [4.69, 9.17) is 0 Å². The minimum absolute atomic E-state index is 0.0462. The second kappa shape index (κ2) is 7.75. The minimum atomic E-state index is -3.17. The Hall–Kier alpha value is -3.18. The maximum absolute atomic E-state index is 14.6. The van der Waals surface area contributed by atoms with Crippen LogP contribution in [0.3, 0.4) is 0 Å². The number of carbonyl (C=O) groups excluding carboxylic acids is 1. The number of pyridine rings is 1. The van der Waals surface area contributed by atoms with Gasteiger partial charge in [0.05, 0.1) is 39.9 Å². The Balaban J connectivity index is 1.72. The van der Waals surface area contributed by atoms with Gasteiger partial charge in [0.2, 0.25) is 0 Å². The van der Waals surface area contributed by atoms with Crippen LogP contribution in [0.4, 0.5) is 9.52 Å². The first-order valence-corrected chi connectivity index (χ1v) is 12.6. The number of hydrogen-bond acceptors (Lipinski definition) is 7. The zero-order valence-corrected chi connectivity index (χ0v) is 18.6. The Labute approximate surface area is 187 Å². The van der Waals surface area contributed by atoms with Gasteiger partial charge in [-0.25, -0.2) is 27.5 Å². The fraction of sp³-hybridized carbons (Fsp3) is 0.238. The summed E-state index contributed by atoms with van der Waals surface area (Å²) in [5.74, 6) is -0.874. The fourth-order valence-corrected chi connectivity index (χ4v) is 6.19. The first-order chi connectivity index (χ1) is 15.3. The van der Waals surface area contributed by atoms with Gasteiger partial charge in [0.25, 0.3) is 5.91 Å². The van der Waals surface area contributed by atoms with Crippen molar-refractivity contribution < 1.29 is 17.6 Å². The molecule has 1 unspecified atom stereocenters. The van der Waals surface area contributed by atoms with Crippen molar-refractivity contribution in [2.75, 3.05) is 16.8 Å². The van der Waals surface area contributed by atoms with Crippen LogP contribution in [0.2, 0.25) is 0 Å². The highest BCUT2D eigenvalue weighted by Crippen LogP contribution is 2.33. The molecule has 5 rings (SSSR count). The van der Waals surface area contributed by atoms with Crippen molar-refractivity contribution in [3.63, 3.8) is 0 Å². The maximum atomic E-state index is 14.6. The third-order valence-electron chi connectivity index (χ3n) is 5.44. The Morgan fingerprint density at radius 1 is 1.31 bits per heavy atom. The number of rotatable bonds is 4. The molecule has 8 nitrogen and oxygen atoms in total. The fourth-order valence-electron chi connectivity index (χ4n) is 3.97. The molecule has 1 aliphatic rings. The number of nitrogens with one attached hydrogen (secondary N) is 1. The molecule has 4 aromatic rings. The highest BCUT2D eigenvalue weighted by atomic mass is 32.2. The number of benzene rings is 1. The van der Waals surface area contributed by atoms with Gasteiger partial charge in [0.15, 0.2) is 20.6 Å². The molecule has 1 amide bonds. The van der Waals surface area contributed by atoms with Crippen LogP contribution in [0.1, 0.15) is 28.5 Å². The van der Waals surface area contributed by atoms with Gasteiger partial charge in [-0.2, -0.15) is 5.10 Å². The number of fused-ring (bicyclic) bond motifs is 1. The number of hydrogen-bond donors (Lipinski definition) is 1. The molecule has 11 heteroatoms. The average Bonchev–Trinajstić information content (AvgIpc) is 3.47. The molecule has 164 valence electrons. The summed E-state index contributed by atoms with van der Waals surface area (Å²) >= 11 is 1.28. The quantitative estimate of drug-likeness (QED) is 0.487. The third-order valence-corrected chi connectivity index (χ3v) is 7.88. The Kier molecular flexibility index (Phi) is 5.01. The summed E-state index contributed by atoms with van der Waals surface area (Å²) < 4.78 is 40.3. The van der Waals surface area contributed by atoms with Gasteiger partial charge in [0, 0.05) is 17.1 Å². The monoisotopic (exact) mass is 471 g/mol. The van der Waals surface area contributed by atoms with Gasteiger partial charge in [-0.05, 0) is 31.5 Å². The number of amides is 1. The van der Waals surface area contributed by atoms with E-state index in [1.165, 1.54) is 23.5 Å². The van der Waals surface area contributed by atoms with E-state index in [1.54, 1.807) is 41.4 Å². The molecule has 0 saturated carbocycles. The lowest BCUT2D eigenvalue weighted by molar-refractivity contribution is 0.102. The number of thiazole rings is 1. The molecule has 32 heavy (non-hydrogen) atoms. The molecule has 4 heterocycles. The standard InChI is InChI=1S/C21H18FN5O3S2/c1-12-18-15(20(28)25-21-23-7-8-31-21)10-17(14-4-2-3-5-16(14)22)24-19(18)27(26-12)13-6-9-32(29,30)11-13/h2-5,7-8,10,13H,6,9,11H2,1H3,(H,23,25,28). The Bertz CT molecular complexity index is 1450. The molecule has 1 aromatic carbocycles. The van der Waals surface area contributed by atoms with Crippen molar-refractivity contribution in [1.29, 1.82) is 0 Å². The highest BCUT2D eigenvalue weighted by molar-refractivity contribution is 7.91. The van der Waals surface area contributed by atoms with Crippen LogP contribution in [0.5, 0.6) is 0 Å². The normalized spacial score (nSPS) is 17.6. The summed E-state index contributed by atoms with van der Waals surface area (Å²) in [6.07, 6.45) is 1.99. The first kappa shape index (κ1) is 20.7. The molecule has 3 aromatic heterocycles. The van der Waals surface area contributed by atoms with Crippen molar-refractivity contribution in [2.45, 2.75) is 19.4 Å². The van der Waals surface area contributed by atoms with Crippen molar-refractivity contribution >= 4 is 43.2 Å². The molecule has 1 aliphatic heterocycles. The smallest absolute Gasteiger partial charge is 0.258 e. The van der Waals surface area contributed by atoms with E-state index >= 15 is 0 Å². The topological polar surface area (TPSA) is 107 Å². The number of aromatic nitrogens is 4. The zero-order chi connectivity index (χ0) is 22.5. The summed E-state index contributed by atoms with van der Waals surface area (Å²) in [4.78, 5) is 21.9. The Morgan fingerprint density at radius 2 is 2.12 bits per heavy atom. The molecular weight excluding hydrogens is 453 g/mol. The number of carbonyl (C=O) groups is 1. The lowest BCUT2D eigenvalue weighted by Gasteiger charge is -2.12. The Morgan fingerprint density at radius 3 is 2.81 bits per heavy atom. The van der Waals surface area contributed by atoms with Crippen molar-refractivity contribution in [3.8, 4) is 11.3 Å². The van der Waals surface area contributed by atoms with Gasteiger partial charge >= 0.3 is 0 Å². The van der Waals surface area contributed by atoms with Crippen molar-refractivity contribution in [2.24, 2.45) is 0 Å². The summed E-state index contributed by atoms with van der Waals surface area (Å²) in [5, 5.41) is 9.97. The average molecular weight is 472 g/mol. The van der Waals surface area contributed by atoms with Crippen LogP contribution >= 0.6 is 11.3 Å². The summed E-state index contributed by atoms with van der Waals surface area (Å²) in [7, 11) is -3.17. The van der Waals surface area contributed by atoms with Crippen LogP contribution in [0.25, 0.3) is 22.3 Å². The second-order valence-electron chi connectivity index (χ2n) is 7.61. The lowest BCUT2D eigenvalue weighted by Crippen LogP contribution is -2.15. The van der Waals surface area contributed by atoms with E-state index in [-0.39, 0.29) is 28.3 Å². The minimum Gasteiger partial charge on any atom is -0.298 e. The van der Waals surface area contributed by atoms with Gasteiger partial charge < -0.3 is 0 Å². The lowest BCUT2D eigenvalue weighted by atomic mass is 10.0. The van der Waals surface area contributed by atoms with Gasteiger partial charge in [-0.1, -0.05) is 12.1 Å². The zero-order valence-electron chi connectivity index (χ0n) is 16.9. The summed E-state index contributed by atoms with van der Waals surface area (Å²) in [6.45, 7) is 1.74. The van der Waals surface area contributed by atoms with Crippen LogP contribution < -0.4 is 5.32 Å². The predicted octanol–water partition coefficient (Wildman–Crippen LogP) is 3.61. The molecule has 1 saturated heterocycles. The van der Waals surface area contributed by atoms with Crippen molar-refractivity contribution in [1.82, 2.24) is 19.7 Å². The summed E-state index contributed by atoms with van der Waals surface area (Å²) in [6, 6.07) is 7.31. The van der Waals surface area contributed by atoms with E-state index in [2.05, 4.69) is 20.4 Å². The van der Waals surface area contributed by atoms with Crippen LogP contribution in [-0.2, 0) is 9.84 Å². The van der Waals surface area contributed by atoms with Crippen LogP contribution in [-0.4, -0.2) is 45.6 Å². The molecule has 1 atom stereocenters. The third kappa shape index (κ3) is 3.67. The summed E-state index contributed by atoms with van der Waals surface area (Å²) in [5.41, 5.74) is 1.67. The van der Waals surface area contributed by atoms with E-state index in [0.29, 0.717) is 28.3 Å². The number of aryl methyl sites for hydroxylation is 1.